The van der Waals surface area contributed by atoms with Gasteiger partial charge in [0.05, 0.1) is 6.61 Å². The standard InChI is InChI=1S/C8H12F3NO4S/c1-6(2)7(13)16-5-3-4-12-17(14,15)8(9,10)11/h12H,1,3-5H2,2H3. The van der Waals surface area contributed by atoms with E-state index in [2.05, 4.69) is 11.3 Å². The van der Waals surface area contributed by atoms with E-state index in [0.29, 0.717) is 0 Å². The second-order valence-corrected chi connectivity index (χ2v) is 4.87. The van der Waals surface area contributed by atoms with Crippen LogP contribution in [0.5, 0.6) is 0 Å². The summed E-state index contributed by atoms with van der Waals surface area (Å²) in [7, 11) is -5.32. The minimum atomic E-state index is -5.33. The number of alkyl halides is 3. The van der Waals surface area contributed by atoms with Crippen molar-refractivity contribution in [2.24, 2.45) is 0 Å². The lowest BCUT2D eigenvalue weighted by Crippen LogP contribution is -2.37. The van der Waals surface area contributed by atoms with Crippen molar-refractivity contribution in [2.75, 3.05) is 13.2 Å². The average Bonchev–Trinajstić information content (AvgIpc) is 2.14. The first-order valence-electron chi connectivity index (χ1n) is 4.46. The fourth-order valence-electron chi connectivity index (χ4n) is 0.649. The number of ether oxygens (including phenoxy) is 1. The summed E-state index contributed by atoms with van der Waals surface area (Å²) in [4.78, 5) is 10.8. The summed E-state index contributed by atoms with van der Waals surface area (Å²) in [6.45, 7) is 4.05. The molecular weight excluding hydrogens is 263 g/mol. The van der Waals surface area contributed by atoms with Gasteiger partial charge >= 0.3 is 21.5 Å². The van der Waals surface area contributed by atoms with Crippen molar-refractivity contribution in [2.45, 2.75) is 18.9 Å². The summed E-state index contributed by atoms with van der Waals surface area (Å²) in [5.41, 5.74) is -5.18. The molecule has 0 spiro atoms. The summed E-state index contributed by atoms with van der Waals surface area (Å²) in [6.07, 6.45) is -0.0612. The third-order valence-corrected chi connectivity index (χ3v) is 2.69. The summed E-state index contributed by atoms with van der Waals surface area (Å²) < 4.78 is 62.4. The molecule has 0 bridgehead atoms. The van der Waals surface area contributed by atoms with Gasteiger partial charge in [-0.05, 0) is 13.3 Å². The van der Waals surface area contributed by atoms with Crippen LogP contribution < -0.4 is 4.72 Å². The summed E-state index contributed by atoms with van der Waals surface area (Å²) in [5.74, 6) is -0.677. The van der Waals surface area contributed by atoms with Crippen LogP contribution in [0, 0.1) is 0 Å². The first-order chi connectivity index (χ1) is 7.58. The minimum Gasteiger partial charge on any atom is -0.462 e. The van der Waals surface area contributed by atoms with Crippen LogP contribution in [-0.4, -0.2) is 33.0 Å². The van der Waals surface area contributed by atoms with E-state index in [1.165, 1.54) is 11.6 Å². The Morgan fingerprint density at radius 2 is 1.94 bits per heavy atom. The van der Waals surface area contributed by atoms with E-state index in [4.69, 9.17) is 0 Å². The number of halogens is 3. The summed E-state index contributed by atoms with van der Waals surface area (Å²) >= 11 is 0. The number of rotatable bonds is 6. The van der Waals surface area contributed by atoms with Crippen molar-refractivity contribution in [3.63, 3.8) is 0 Å². The summed E-state index contributed by atoms with van der Waals surface area (Å²) in [6, 6.07) is 0. The van der Waals surface area contributed by atoms with Crippen molar-refractivity contribution in [3.8, 4) is 0 Å². The van der Waals surface area contributed by atoms with Gasteiger partial charge < -0.3 is 4.74 Å². The molecule has 0 saturated heterocycles. The lowest BCUT2D eigenvalue weighted by molar-refractivity contribution is -0.139. The Morgan fingerprint density at radius 3 is 2.35 bits per heavy atom. The Kier molecular flexibility index (Phi) is 5.62. The number of esters is 1. The van der Waals surface area contributed by atoms with Gasteiger partial charge in [-0.1, -0.05) is 6.58 Å². The maximum Gasteiger partial charge on any atom is 0.511 e. The van der Waals surface area contributed by atoms with E-state index in [0.717, 1.165) is 0 Å². The van der Waals surface area contributed by atoms with E-state index in [1.54, 1.807) is 0 Å². The van der Waals surface area contributed by atoms with Crippen molar-refractivity contribution >= 4 is 16.0 Å². The molecule has 0 aliphatic carbocycles. The van der Waals surface area contributed by atoms with Crippen molar-refractivity contribution in [1.82, 2.24) is 4.72 Å². The Balaban J connectivity index is 3.88. The van der Waals surface area contributed by atoms with Crippen molar-refractivity contribution in [1.29, 1.82) is 0 Å². The highest BCUT2D eigenvalue weighted by molar-refractivity contribution is 7.90. The monoisotopic (exact) mass is 275 g/mol. The van der Waals surface area contributed by atoms with Crippen LogP contribution in [0.4, 0.5) is 13.2 Å². The van der Waals surface area contributed by atoms with Crippen LogP contribution in [0.1, 0.15) is 13.3 Å². The first kappa shape index (κ1) is 15.9. The molecule has 0 unspecified atom stereocenters. The Bertz CT molecular complexity index is 388. The molecule has 0 aromatic carbocycles. The lowest BCUT2D eigenvalue weighted by Gasteiger charge is -2.09. The third kappa shape index (κ3) is 5.68. The van der Waals surface area contributed by atoms with E-state index >= 15 is 0 Å². The SMILES string of the molecule is C=C(C)C(=O)OCCCNS(=O)(=O)C(F)(F)F. The molecule has 9 heteroatoms. The van der Waals surface area contributed by atoms with Gasteiger partial charge in [-0.2, -0.15) is 13.2 Å². The van der Waals surface area contributed by atoms with Gasteiger partial charge in [0.1, 0.15) is 0 Å². The zero-order chi connectivity index (χ0) is 13.7. The molecule has 0 aromatic heterocycles. The number of carbonyl (C=O) groups is 1. The number of hydrogen-bond donors (Lipinski definition) is 1. The van der Waals surface area contributed by atoms with Crippen LogP contribution in [-0.2, 0) is 19.6 Å². The molecule has 0 aliphatic heterocycles. The van der Waals surface area contributed by atoms with Gasteiger partial charge in [-0.25, -0.2) is 17.9 Å². The van der Waals surface area contributed by atoms with E-state index in [1.807, 2.05) is 0 Å². The molecule has 0 atom stereocenters. The second kappa shape index (κ2) is 6.01. The van der Waals surface area contributed by atoms with Crippen molar-refractivity contribution in [3.05, 3.63) is 12.2 Å². The second-order valence-electron chi connectivity index (χ2n) is 3.11. The van der Waals surface area contributed by atoms with E-state index in [-0.39, 0.29) is 18.6 Å². The van der Waals surface area contributed by atoms with Gasteiger partial charge in [0.2, 0.25) is 0 Å². The largest absolute Gasteiger partial charge is 0.511 e. The highest BCUT2D eigenvalue weighted by atomic mass is 32.2. The number of carbonyl (C=O) groups excluding carboxylic acids is 1. The minimum absolute atomic E-state index is 0.0612. The smallest absolute Gasteiger partial charge is 0.462 e. The van der Waals surface area contributed by atoms with Gasteiger partial charge in [0, 0.05) is 12.1 Å². The third-order valence-electron chi connectivity index (χ3n) is 1.50. The highest BCUT2D eigenvalue weighted by Crippen LogP contribution is 2.21. The van der Waals surface area contributed by atoms with Crippen LogP contribution >= 0.6 is 0 Å². The molecule has 0 radical (unpaired) electrons. The number of sulfonamides is 1. The molecule has 0 aliphatic rings. The maximum absolute atomic E-state index is 11.8. The molecule has 0 saturated carbocycles. The fourth-order valence-corrected chi connectivity index (χ4v) is 1.23. The average molecular weight is 275 g/mol. The van der Waals surface area contributed by atoms with Crippen molar-refractivity contribution < 1.29 is 31.1 Å². The lowest BCUT2D eigenvalue weighted by atomic mass is 10.4. The Morgan fingerprint density at radius 1 is 1.41 bits per heavy atom. The predicted molar refractivity (Wildman–Crippen MR) is 53.4 cm³/mol. The van der Waals surface area contributed by atoms with Gasteiger partial charge in [0.25, 0.3) is 0 Å². The van der Waals surface area contributed by atoms with Gasteiger partial charge in [-0.3, -0.25) is 0 Å². The van der Waals surface area contributed by atoms with Crippen LogP contribution in [0.15, 0.2) is 12.2 Å². The zero-order valence-corrected chi connectivity index (χ0v) is 9.82. The maximum atomic E-state index is 11.8. The topological polar surface area (TPSA) is 72.5 Å². The molecule has 17 heavy (non-hydrogen) atoms. The van der Waals surface area contributed by atoms with Crippen LogP contribution in [0.3, 0.4) is 0 Å². The highest BCUT2D eigenvalue weighted by Gasteiger charge is 2.45. The first-order valence-corrected chi connectivity index (χ1v) is 5.95. The zero-order valence-electron chi connectivity index (χ0n) is 9.00. The number of hydrogen-bond acceptors (Lipinski definition) is 4. The normalized spacial score (nSPS) is 12.2. The van der Waals surface area contributed by atoms with Gasteiger partial charge in [-0.15, -0.1) is 0 Å². The Hall–Kier alpha value is -1.09. The molecule has 1 N–H and O–H groups in total. The molecular formula is C8H12F3NO4S. The van der Waals surface area contributed by atoms with Gasteiger partial charge in [0.15, 0.2) is 0 Å². The summed E-state index contributed by atoms with van der Waals surface area (Å²) in [5, 5.41) is 0. The Labute approximate surface area is 96.7 Å². The van der Waals surface area contributed by atoms with Crippen LogP contribution in [0.2, 0.25) is 0 Å². The van der Waals surface area contributed by atoms with Crippen LogP contribution in [0.25, 0.3) is 0 Å². The fraction of sp³-hybridized carbons (Fsp3) is 0.625. The molecule has 5 nitrogen and oxygen atoms in total. The van der Waals surface area contributed by atoms with E-state index in [9.17, 15) is 26.4 Å². The quantitative estimate of drug-likeness (QED) is 0.445. The number of nitrogens with one attached hydrogen (secondary N) is 1. The molecule has 0 amide bonds. The molecule has 0 aromatic rings. The molecule has 0 heterocycles. The van der Waals surface area contributed by atoms with E-state index < -0.39 is 28.0 Å². The molecule has 100 valence electrons. The molecule has 0 rings (SSSR count). The predicted octanol–water partition coefficient (Wildman–Crippen LogP) is 0.935. The molecule has 0 fully saturated rings.